The van der Waals surface area contributed by atoms with Crippen molar-refractivity contribution in [3.63, 3.8) is 0 Å². The summed E-state index contributed by atoms with van der Waals surface area (Å²) in [6, 6.07) is 16.2. The molecule has 0 spiro atoms. The van der Waals surface area contributed by atoms with E-state index < -0.39 is 5.60 Å². The highest BCUT2D eigenvalue weighted by atomic mass is 16.5. The molecule has 1 heterocycles. The van der Waals surface area contributed by atoms with E-state index in [2.05, 4.69) is 5.32 Å². The van der Waals surface area contributed by atoms with Gasteiger partial charge in [-0.1, -0.05) is 18.2 Å². The van der Waals surface area contributed by atoms with Crippen LogP contribution in [0, 0.1) is 0 Å². The number of para-hydroxylation sites is 1. The smallest absolute Gasteiger partial charge is 0.251 e. The Kier molecular flexibility index (Phi) is 4.76. The fraction of sp³-hybridized carbons (Fsp3) is 0.250. The Labute approximate surface area is 146 Å². The second-order valence-corrected chi connectivity index (χ2v) is 6.06. The van der Waals surface area contributed by atoms with E-state index in [1.807, 2.05) is 31.2 Å². The van der Waals surface area contributed by atoms with Crippen LogP contribution in [0.2, 0.25) is 0 Å². The van der Waals surface area contributed by atoms with E-state index in [1.165, 1.54) is 0 Å². The number of hydrogen-bond acceptors (Lipinski definition) is 4. The number of aliphatic hydroxyl groups is 1. The number of furan rings is 1. The predicted octanol–water partition coefficient (Wildman–Crippen LogP) is 3.47. The molecule has 3 aromatic rings. The van der Waals surface area contributed by atoms with Crippen molar-refractivity contribution in [1.82, 2.24) is 5.32 Å². The van der Waals surface area contributed by atoms with Crippen molar-refractivity contribution in [2.75, 3.05) is 13.2 Å². The minimum absolute atomic E-state index is 0.0405. The number of carbonyl (C=O) groups excluding carboxylic acids is 1. The quantitative estimate of drug-likeness (QED) is 0.721. The molecule has 1 unspecified atom stereocenters. The van der Waals surface area contributed by atoms with Crippen molar-refractivity contribution < 1.29 is 19.1 Å². The molecule has 1 atom stereocenters. The molecule has 5 heteroatoms. The molecule has 5 nitrogen and oxygen atoms in total. The van der Waals surface area contributed by atoms with E-state index in [-0.39, 0.29) is 12.5 Å². The van der Waals surface area contributed by atoms with Gasteiger partial charge in [0.2, 0.25) is 0 Å². The number of hydrogen-bond donors (Lipinski definition) is 2. The molecular formula is C20H21NO4. The van der Waals surface area contributed by atoms with Gasteiger partial charge in [-0.15, -0.1) is 0 Å². The third-order valence-electron chi connectivity index (χ3n) is 3.98. The van der Waals surface area contributed by atoms with E-state index in [9.17, 15) is 9.90 Å². The number of ether oxygens (including phenoxy) is 1. The first-order chi connectivity index (χ1) is 12.0. The lowest BCUT2D eigenvalue weighted by Gasteiger charge is -2.21. The summed E-state index contributed by atoms with van der Waals surface area (Å²) in [6.45, 7) is 4.13. The molecule has 2 aromatic carbocycles. The Morgan fingerprint density at radius 3 is 2.60 bits per heavy atom. The van der Waals surface area contributed by atoms with E-state index in [0.717, 1.165) is 5.39 Å². The molecule has 130 valence electrons. The maximum Gasteiger partial charge on any atom is 0.251 e. The standard InChI is InChI=1S/C20H21NO4/c1-3-24-16-10-8-14(9-11-16)19(22)21-13-20(2,23)18-12-15-6-4-5-7-17(15)25-18/h4-12,23H,3,13H2,1-2H3,(H,21,22). The number of amides is 1. The number of rotatable bonds is 6. The van der Waals surface area contributed by atoms with Crippen molar-refractivity contribution in [3.05, 3.63) is 65.9 Å². The number of benzene rings is 2. The Bertz CT molecular complexity index is 832. The van der Waals surface area contributed by atoms with Gasteiger partial charge in [0.05, 0.1) is 13.2 Å². The van der Waals surface area contributed by atoms with Gasteiger partial charge >= 0.3 is 0 Å². The summed E-state index contributed by atoms with van der Waals surface area (Å²) in [5, 5.41) is 14.3. The van der Waals surface area contributed by atoms with E-state index in [1.54, 1.807) is 37.3 Å². The summed E-state index contributed by atoms with van der Waals surface area (Å²) in [6.07, 6.45) is 0. The highest BCUT2D eigenvalue weighted by molar-refractivity contribution is 5.94. The van der Waals surface area contributed by atoms with Crippen molar-refractivity contribution in [2.24, 2.45) is 0 Å². The first-order valence-electron chi connectivity index (χ1n) is 8.22. The van der Waals surface area contributed by atoms with Crippen LogP contribution >= 0.6 is 0 Å². The van der Waals surface area contributed by atoms with Gasteiger partial charge in [0, 0.05) is 10.9 Å². The summed E-state index contributed by atoms with van der Waals surface area (Å²) < 4.78 is 11.1. The van der Waals surface area contributed by atoms with Crippen molar-refractivity contribution in [1.29, 1.82) is 0 Å². The molecule has 0 bridgehead atoms. The van der Waals surface area contributed by atoms with Gasteiger partial charge in [0.15, 0.2) is 0 Å². The third kappa shape index (κ3) is 3.83. The van der Waals surface area contributed by atoms with Crippen molar-refractivity contribution in [2.45, 2.75) is 19.4 Å². The zero-order chi connectivity index (χ0) is 17.9. The first-order valence-corrected chi connectivity index (χ1v) is 8.22. The van der Waals surface area contributed by atoms with Crippen molar-refractivity contribution >= 4 is 16.9 Å². The van der Waals surface area contributed by atoms with Crippen molar-refractivity contribution in [3.8, 4) is 5.75 Å². The van der Waals surface area contributed by atoms with Gasteiger partial charge < -0.3 is 19.6 Å². The maximum absolute atomic E-state index is 12.3. The van der Waals surface area contributed by atoms with Gasteiger partial charge in [0.25, 0.3) is 5.91 Å². The van der Waals surface area contributed by atoms with Crippen LogP contribution in [0.3, 0.4) is 0 Å². The largest absolute Gasteiger partial charge is 0.494 e. The molecule has 3 rings (SSSR count). The maximum atomic E-state index is 12.3. The van der Waals surface area contributed by atoms with E-state index in [0.29, 0.717) is 29.3 Å². The van der Waals surface area contributed by atoms with Crippen LogP contribution in [0.15, 0.2) is 59.0 Å². The monoisotopic (exact) mass is 339 g/mol. The summed E-state index contributed by atoms with van der Waals surface area (Å²) >= 11 is 0. The lowest BCUT2D eigenvalue weighted by molar-refractivity contribution is 0.0344. The van der Waals surface area contributed by atoms with Gasteiger partial charge in [-0.3, -0.25) is 4.79 Å². The lowest BCUT2D eigenvalue weighted by atomic mass is 10.0. The highest BCUT2D eigenvalue weighted by Crippen LogP contribution is 2.27. The average Bonchev–Trinajstić information content (AvgIpc) is 3.06. The number of nitrogens with one attached hydrogen (secondary N) is 1. The Morgan fingerprint density at radius 1 is 1.20 bits per heavy atom. The fourth-order valence-corrected chi connectivity index (χ4v) is 2.56. The summed E-state index contributed by atoms with van der Waals surface area (Å²) in [7, 11) is 0. The van der Waals surface area contributed by atoms with E-state index in [4.69, 9.17) is 9.15 Å². The van der Waals surface area contributed by atoms with Gasteiger partial charge in [-0.05, 0) is 50.2 Å². The average molecular weight is 339 g/mol. The molecule has 0 aliphatic carbocycles. The zero-order valence-corrected chi connectivity index (χ0v) is 14.3. The van der Waals surface area contributed by atoms with Crippen LogP contribution < -0.4 is 10.1 Å². The Balaban J connectivity index is 1.67. The van der Waals surface area contributed by atoms with E-state index >= 15 is 0 Å². The molecular weight excluding hydrogens is 318 g/mol. The zero-order valence-electron chi connectivity index (χ0n) is 14.3. The molecule has 0 saturated heterocycles. The van der Waals surface area contributed by atoms with Crippen LogP contribution in [0.5, 0.6) is 5.75 Å². The second kappa shape index (κ2) is 6.99. The van der Waals surface area contributed by atoms with Gasteiger partial charge in [-0.25, -0.2) is 0 Å². The minimum Gasteiger partial charge on any atom is -0.494 e. The minimum atomic E-state index is -1.31. The Hall–Kier alpha value is -2.79. The molecule has 1 amide bonds. The van der Waals surface area contributed by atoms with Crippen LogP contribution in [0.25, 0.3) is 11.0 Å². The summed E-state index contributed by atoms with van der Waals surface area (Å²) in [4.78, 5) is 12.3. The molecule has 25 heavy (non-hydrogen) atoms. The topological polar surface area (TPSA) is 71.7 Å². The molecule has 0 aliphatic rings. The molecule has 0 saturated carbocycles. The molecule has 1 aromatic heterocycles. The van der Waals surface area contributed by atoms with Crippen LogP contribution in [-0.2, 0) is 5.60 Å². The van der Waals surface area contributed by atoms with Crippen LogP contribution in [0.4, 0.5) is 0 Å². The SMILES string of the molecule is CCOc1ccc(C(=O)NCC(C)(O)c2cc3ccccc3o2)cc1. The Morgan fingerprint density at radius 2 is 1.92 bits per heavy atom. The third-order valence-corrected chi connectivity index (χ3v) is 3.98. The summed E-state index contributed by atoms with van der Waals surface area (Å²) in [5.41, 5.74) is -0.0978. The highest BCUT2D eigenvalue weighted by Gasteiger charge is 2.28. The summed E-state index contributed by atoms with van der Waals surface area (Å²) in [5.74, 6) is 0.869. The molecule has 0 fully saturated rings. The molecule has 0 aliphatic heterocycles. The molecule has 0 radical (unpaired) electrons. The fourth-order valence-electron chi connectivity index (χ4n) is 2.56. The normalized spacial score (nSPS) is 13.4. The number of carbonyl (C=O) groups is 1. The van der Waals surface area contributed by atoms with Crippen LogP contribution in [0.1, 0.15) is 30.0 Å². The number of fused-ring (bicyclic) bond motifs is 1. The lowest BCUT2D eigenvalue weighted by Crippen LogP contribution is -2.38. The van der Waals surface area contributed by atoms with Crippen LogP contribution in [-0.4, -0.2) is 24.2 Å². The van der Waals surface area contributed by atoms with Gasteiger partial charge in [-0.2, -0.15) is 0 Å². The first kappa shape index (κ1) is 17.0. The predicted molar refractivity (Wildman–Crippen MR) is 95.7 cm³/mol. The molecule has 2 N–H and O–H groups in total. The second-order valence-electron chi connectivity index (χ2n) is 6.06. The van der Waals surface area contributed by atoms with Gasteiger partial charge in [0.1, 0.15) is 22.7 Å².